The molecule has 1 amide bonds. The molecule has 126 valence electrons. The number of aromatic nitrogens is 1. The molecule has 1 N–H and O–H groups in total. The van der Waals surface area contributed by atoms with Crippen molar-refractivity contribution in [2.45, 2.75) is 0 Å². The average Bonchev–Trinajstić information content (AvgIpc) is 2.54. The normalized spacial score (nSPS) is 11.4. The van der Waals surface area contributed by atoms with E-state index < -0.39 is 15.9 Å². The Labute approximate surface area is 148 Å². The quantitative estimate of drug-likeness (QED) is 0.579. The summed E-state index contributed by atoms with van der Waals surface area (Å²) in [6.45, 7) is -0.375. The number of pyridine rings is 1. The first kappa shape index (κ1) is 18.1. The fourth-order valence-corrected chi connectivity index (χ4v) is 2.92. The minimum atomic E-state index is -3.61. The molecule has 2 aromatic rings. The van der Waals surface area contributed by atoms with Crippen LogP contribution >= 0.6 is 15.9 Å². The van der Waals surface area contributed by atoms with Gasteiger partial charge in [0, 0.05) is 10.7 Å². The molecule has 0 saturated carbocycles. The predicted molar refractivity (Wildman–Crippen MR) is 96.3 cm³/mol. The van der Waals surface area contributed by atoms with Crippen LogP contribution in [0.25, 0.3) is 0 Å². The Bertz CT molecular complexity index is 824. The molecule has 0 radical (unpaired) electrons. The monoisotopic (exact) mass is 410 g/mol. The van der Waals surface area contributed by atoms with Gasteiger partial charge in [0.1, 0.15) is 6.54 Å². The van der Waals surface area contributed by atoms with E-state index in [4.69, 9.17) is 0 Å². The molecular weight excluding hydrogens is 396 g/mol. The Balaban J connectivity index is 2.05. The van der Waals surface area contributed by atoms with Crippen LogP contribution in [0.5, 0.6) is 0 Å². The third kappa shape index (κ3) is 5.43. The van der Waals surface area contributed by atoms with Crippen LogP contribution in [0.3, 0.4) is 0 Å². The number of carbonyl (C=O) groups excluding carboxylic acids is 1. The van der Waals surface area contributed by atoms with Crippen molar-refractivity contribution in [1.82, 2.24) is 10.4 Å². The summed E-state index contributed by atoms with van der Waals surface area (Å²) < 4.78 is 25.7. The van der Waals surface area contributed by atoms with Crippen molar-refractivity contribution in [1.29, 1.82) is 0 Å². The van der Waals surface area contributed by atoms with Crippen LogP contribution < -0.4 is 9.73 Å². The number of hydrogen-bond acceptors (Lipinski definition) is 5. The number of halogens is 1. The summed E-state index contributed by atoms with van der Waals surface area (Å²) in [5.41, 5.74) is 3.26. The predicted octanol–water partition coefficient (Wildman–Crippen LogP) is 1.76. The summed E-state index contributed by atoms with van der Waals surface area (Å²) in [7, 11) is -3.61. The van der Waals surface area contributed by atoms with Crippen molar-refractivity contribution in [2.75, 3.05) is 17.1 Å². The van der Waals surface area contributed by atoms with Crippen LogP contribution in [0.2, 0.25) is 0 Å². The second kappa shape index (κ2) is 8.02. The first-order chi connectivity index (χ1) is 11.4. The van der Waals surface area contributed by atoms with Crippen molar-refractivity contribution < 1.29 is 13.2 Å². The third-order valence-corrected chi connectivity index (χ3v) is 4.55. The van der Waals surface area contributed by atoms with E-state index in [1.54, 1.807) is 48.7 Å². The Morgan fingerprint density at radius 3 is 2.58 bits per heavy atom. The number of benzene rings is 1. The van der Waals surface area contributed by atoms with Crippen molar-refractivity contribution in [3.63, 3.8) is 0 Å². The second-order valence-electron chi connectivity index (χ2n) is 4.79. The Kier molecular flexibility index (Phi) is 6.04. The summed E-state index contributed by atoms with van der Waals surface area (Å²) in [6.07, 6.45) is 4.02. The molecule has 0 unspecified atom stereocenters. The molecule has 2 rings (SSSR count). The summed E-state index contributed by atoms with van der Waals surface area (Å²) in [5, 5.41) is 3.77. The molecule has 7 nitrogen and oxygen atoms in total. The fraction of sp³-hybridized carbons (Fsp3) is 0.133. The van der Waals surface area contributed by atoms with Crippen LogP contribution in [0.15, 0.2) is 58.2 Å². The minimum absolute atomic E-state index is 0.375. The van der Waals surface area contributed by atoms with Crippen LogP contribution in [-0.4, -0.2) is 38.3 Å². The van der Waals surface area contributed by atoms with Gasteiger partial charge in [-0.1, -0.05) is 22.0 Å². The molecule has 0 atom stereocenters. The van der Waals surface area contributed by atoms with Gasteiger partial charge >= 0.3 is 0 Å². The van der Waals surface area contributed by atoms with Crippen LogP contribution in [0.4, 0.5) is 5.69 Å². The maximum Gasteiger partial charge on any atom is 0.260 e. The molecule has 0 spiro atoms. The number of nitrogens with one attached hydrogen (secondary N) is 1. The van der Waals surface area contributed by atoms with Gasteiger partial charge < -0.3 is 0 Å². The van der Waals surface area contributed by atoms with Gasteiger partial charge in [-0.3, -0.25) is 14.1 Å². The molecule has 0 saturated heterocycles. The molecule has 0 fully saturated rings. The van der Waals surface area contributed by atoms with E-state index in [1.807, 2.05) is 0 Å². The van der Waals surface area contributed by atoms with Crippen LogP contribution in [0, 0.1) is 0 Å². The van der Waals surface area contributed by atoms with Crippen molar-refractivity contribution in [3.8, 4) is 0 Å². The zero-order chi connectivity index (χ0) is 17.6. The lowest BCUT2D eigenvalue weighted by Gasteiger charge is -2.21. The number of rotatable bonds is 6. The highest BCUT2D eigenvalue weighted by atomic mass is 79.9. The second-order valence-corrected chi connectivity index (χ2v) is 7.62. The zero-order valence-corrected chi connectivity index (χ0v) is 15.2. The third-order valence-electron chi connectivity index (χ3n) is 2.88. The van der Waals surface area contributed by atoms with E-state index in [0.717, 1.165) is 15.0 Å². The van der Waals surface area contributed by atoms with Crippen LogP contribution in [-0.2, 0) is 14.8 Å². The lowest BCUT2D eigenvalue weighted by Crippen LogP contribution is -2.39. The minimum Gasteiger partial charge on any atom is -0.271 e. The van der Waals surface area contributed by atoms with E-state index in [0.29, 0.717) is 11.4 Å². The summed E-state index contributed by atoms with van der Waals surface area (Å²) in [4.78, 5) is 16.0. The average molecular weight is 411 g/mol. The van der Waals surface area contributed by atoms with Crippen molar-refractivity contribution in [2.24, 2.45) is 5.10 Å². The number of nitrogens with zero attached hydrogens (tertiary/aromatic N) is 3. The number of anilines is 1. The Morgan fingerprint density at radius 2 is 2.00 bits per heavy atom. The molecular formula is C15H15BrN4O3S. The molecule has 0 aliphatic rings. The van der Waals surface area contributed by atoms with E-state index in [-0.39, 0.29) is 6.54 Å². The number of amides is 1. The van der Waals surface area contributed by atoms with E-state index in [2.05, 4.69) is 31.4 Å². The van der Waals surface area contributed by atoms with Crippen molar-refractivity contribution in [3.05, 3.63) is 58.8 Å². The Morgan fingerprint density at radius 1 is 1.29 bits per heavy atom. The summed E-state index contributed by atoms with van der Waals surface area (Å²) >= 11 is 3.28. The molecule has 24 heavy (non-hydrogen) atoms. The van der Waals surface area contributed by atoms with Gasteiger partial charge in [-0.15, -0.1) is 0 Å². The number of sulfonamides is 1. The van der Waals surface area contributed by atoms with Gasteiger partial charge in [-0.2, -0.15) is 5.10 Å². The number of hydrogen-bond donors (Lipinski definition) is 1. The topological polar surface area (TPSA) is 91.7 Å². The molecule has 0 aliphatic carbocycles. The van der Waals surface area contributed by atoms with E-state index in [1.165, 1.54) is 6.21 Å². The first-order valence-electron chi connectivity index (χ1n) is 6.82. The molecule has 1 aromatic heterocycles. The van der Waals surface area contributed by atoms with Crippen molar-refractivity contribution >= 4 is 43.8 Å². The molecule has 0 aliphatic heterocycles. The zero-order valence-electron chi connectivity index (χ0n) is 12.8. The fourth-order valence-electron chi connectivity index (χ4n) is 1.80. The van der Waals surface area contributed by atoms with Gasteiger partial charge in [0.05, 0.1) is 23.9 Å². The van der Waals surface area contributed by atoms with Gasteiger partial charge in [-0.25, -0.2) is 13.8 Å². The summed E-state index contributed by atoms with van der Waals surface area (Å²) in [6, 6.07) is 11.9. The van der Waals surface area contributed by atoms with Gasteiger partial charge in [0.2, 0.25) is 10.0 Å². The first-order valence-corrected chi connectivity index (χ1v) is 9.46. The Hall–Kier alpha value is -2.26. The largest absolute Gasteiger partial charge is 0.271 e. The number of hydrazone groups is 1. The maximum atomic E-state index is 12.0. The highest BCUT2D eigenvalue weighted by Crippen LogP contribution is 2.20. The van der Waals surface area contributed by atoms with Gasteiger partial charge in [0.25, 0.3) is 5.91 Å². The molecule has 1 aromatic carbocycles. The van der Waals surface area contributed by atoms with E-state index in [9.17, 15) is 13.2 Å². The maximum absolute atomic E-state index is 12.0. The lowest BCUT2D eigenvalue weighted by atomic mass is 10.3. The van der Waals surface area contributed by atoms with Gasteiger partial charge in [-0.05, 0) is 36.4 Å². The SMILES string of the molecule is CS(=O)(=O)N(CC(=O)N/N=C\c1ccccn1)c1ccc(Br)cc1. The van der Waals surface area contributed by atoms with Gasteiger partial charge in [0.15, 0.2) is 0 Å². The lowest BCUT2D eigenvalue weighted by molar-refractivity contribution is -0.119. The smallest absolute Gasteiger partial charge is 0.260 e. The molecule has 9 heteroatoms. The highest BCUT2D eigenvalue weighted by molar-refractivity contribution is 9.10. The summed E-state index contributed by atoms with van der Waals surface area (Å²) in [5.74, 6) is -0.560. The van der Waals surface area contributed by atoms with E-state index >= 15 is 0 Å². The van der Waals surface area contributed by atoms with Crippen LogP contribution in [0.1, 0.15) is 5.69 Å². The molecule has 0 bridgehead atoms. The highest BCUT2D eigenvalue weighted by Gasteiger charge is 2.20. The standard InChI is InChI=1S/C15H15BrN4O3S/c1-24(22,23)20(14-7-5-12(16)6-8-14)11-15(21)19-18-10-13-4-2-3-9-17-13/h2-10H,11H2,1H3,(H,19,21)/b18-10-. The number of carbonyl (C=O) groups is 1. The molecule has 1 heterocycles.